The highest BCUT2D eigenvalue weighted by Crippen LogP contribution is 2.21. The number of aryl methyl sites for hydroxylation is 1. The molecular weight excluding hydrogens is 445 g/mol. The van der Waals surface area contributed by atoms with E-state index in [0.717, 1.165) is 22.5 Å². The fourth-order valence-corrected chi connectivity index (χ4v) is 4.31. The molecule has 0 spiro atoms. The molecule has 7 nitrogen and oxygen atoms in total. The Balaban J connectivity index is 2.41. The van der Waals surface area contributed by atoms with Gasteiger partial charge < -0.3 is 10.2 Å². The highest BCUT2D eigenvalue weighted by atomic mass is 32.2. The standard InChI is InChI=1S/C24H32FN3O4S/c1-5-14-26-24(30)22(6-2)27(16-19-10-12-20(25)13-11-19)23(29)17-28(33(4,31)32)21-9-7-8-18(3)15-21/h7-13,15,22H,5-6,14,16-17H2,1-4H3,(H,26,30). The van der Waals surface area contributed by atoms with E-state index in [2.05, 4.69) is 5.32 Å². The van der Waals surface area contributed by atoms with Crippen molar-refractivity contribution in [1.82, 2.24) is 10.2 Å². The van der Waals surface area contributed by atoms with Crippen molar-refractivity contribution in [2.24, 2.45) is 0 Å². The Bertz CT molecular complexity index is 1060. The number of benzene rings is 2. The topological polar surface area (TPSA) is 86.8 Å². The van der Waals surface area contributed by atoms with E-state index in [1.54, 1.807) is 37.3 Å². The van der Waals surface area contributed by atoms with Crippen molar-refractivity contribution in [3.05, 3.63) is 65.5 Å². The lowest BCUT2D eigenvalue weighted by Gasteiger charge is -2.33. The normalized spacial score (nSPS) is 12.2. The molecule has 1 unspecified atom stereocenters. The lowest BCUT2D eigenvalue weighted by atomic mass is 10.1. The largest absolute Gasteiger partial charge is 0.354 e. The summed E-state index contributed by atoms with van der Waals surface area (Å²) in [5.74, 6) is -1.24. The molecule has 0 aliphatic heterocycles. The molecule has 9 heteroatoms. The number of hydrogen-bond acceptors (Lipinski definition) is 4. The van der Waals surface area contributed by atoms with Crippen LogP contribution in [0.25, 0.3) is 0 Å². The average Bonchev–Trinajstić information content (AvgIpc) is 2.76. The number of carbonyl (C=O) groups is 2. The number of nitrogens with one attached hydrogen (secondary N) is 1. The van der Waals surface area contributed by atoms with Crippen LogP contribution in [0.2, 0.25) is 0 Å². The molecule has 2 aromatic rings. The van der Waals surface area contributed by atoms with Crippen molar-refractivity contribution in [1.29, 1.82) is 0 Å². The van der Waals surface area contributed by atoms with Crippen molar-refractivity contribution in [2.45, 2.75) is 46.2 Å². The first kappa shape index (κ1) is 26.3. The van der Waals surface area contributed by atoms with Crippen molar-refractivity contribution in [2.75, 3.05) is 23.7 Å². The second-order valence-corrected chi connectivity index (χ2v) is 9.88. The van der Waals surface area contributed by atoms with Crippen LogP contribution in [0.3, 0.4) is 0 Å². The summed E-state index contributed by atoms with van der Waals surface area (Å²) in [7, 11) is -3.77. The van der Waals surface area contributed by atoms with E-state index in [-0.39, 0.29) is 12.5 Å². The Hall–Kier alpha value is -2.94. The zero-order valence-corrected chi connectivity index (χ0v) is 20.4. The van der Waals surface area contributed by atoms with Crippen LogP contribution in [-0.2, 0) is 26.2 Å². The number of carbonyl (C=O) groups excluding carboxylic acids is 2. The minimum absolute atomic E-state index is 0.0442. The second kappa shape index (κ2) is 11.8. The summed E-state index contributed by atoms with van der Waals surface area (Å²) in [6.45, 7) is 5.60. The van der Waals surface area contributed by atoms with Crippen LogP contribution in [-0.4, -0.2) is 50.5 Å². The van der Waals surface area contributed by atoms with Crippen LogP contribution in [0.4, 0.5) is 10.1 Å². The molecule has 0 radical (unpaired) electrons. The molecule has 0 saturated heterocycles. The average molecular weight is 478 g/mol. The van der Waals surface area contributed by atoms with Crippen molar-refractivity contribution in [3.8, 4) is 0 Å². The summed E-state index contributed by atoms with van der Waals surface area (Å²) >= 11 is 0. The Labute approximate surface area is 195 Å². The minimum atomic E-state index is -3.77. The lowest BCUT2D eigenvalue weighted by Crippen LogP contribution is -2.52. The molecule has 180 valence electrons. The lowest BCUT2D eigenvalue weighted by molar-refractivity contribution is -0.140. The fraction of sp³-hybridized carbons (Fsp3) is 0.417. The number of rotatable bonds is 11. The van der Waals surface area contributed by atoms with Gasteiger partial charge in [-0.25, -0.2) is 12.8 Å². The summed E-state index contributed by atoms with van der Waals surface area (Å²) in [6.07, 6.45) is 2.12. The molecule has 0 aliphatic carbocycles. The van der Waals surface area contributed by atoms with Crippen molar-refractivity contribution >= 4 is 27.5 Å². The number of nitrogens with zero attached hydrogens (tertiary/aromatic N) is 2. The van der Waals surface area contributed by atoms with Gasteiger partial charge in [-0.2, -0.15) is 0 Å². The van der Waals surface area contributed by atoms with E-state index >= 15 is 0 Å². The van der Waals surface area contributed by atoms with Gasteiger partial charge in [-0.15, -0.1) is 0 Å². The number of hydrogen-bond donors (Lipinski definition) is 1. The molecule has 1 atom stereocenters. The molecule has 2 rings (SSSR count). The summed E-state index contributed by atoms with van der Waals surface area (Å²) < 4.78 is 39.5. The van der Waals surface area contributed by atoms with E-state index in [0.29, 0.717) is 24.2 Å². The first-order chi connectivity index (χ1) is 15.6. The maximum atomic E-state index is 13.5. The van der Waals surface area contributed by atoms with Crippen LogP contribution >= 0.6 is 0 Å². The van der Waals surface area contributed by atoms with Gasteiger partial charge in [0.05, 0.1) is 11.9 Å². The van der Waals surface area contributed by atoms with Crippen molar-refractivity contribution in [3.63, 3.8) is 0 Å². The van der Waals surface area contributed by atoms with E-state index < -0.39 is 34.3 Å². The molecule has 2 amide bonds. The predicted octanol–water partition coefficient (Wildman–Crippen LogP) is 3.23. The maximum Gasteiger partial charge on any atom is 0.244 e. The summed E-state index contributed by atoms with van der Waals surface area (Å²) in [5, 5.41) is 2.81. The van der Waals surface area contributed by atoms with Crippen LogP contribution in [0, 0.1) is 12.7 Å². The molecule has 0 bridgehead atoms. The van der Waals surface area contributed by atoms with E-state index in [9.17, 15) is 22.4 Å². The maximum absolute atomic E-state index is 13.5. The second-order valence-electron chi connectivity index (χ2n) is 7.97. The molecule has 0 aromatic heterocycles. The van der Waals surface area contributed by atoms with Gasteiger partial charge >= 0.3 is 0 Å². The SMILES string of the molecule is CCCNC(=O)C(CC)N(Cc1ccc(F)cc1)C(=O)CN(c1cccc(C)c1)S(C)(=O)=O. The number of anilines is 1. The third kappa shape index (κ3) is 7.56. The van der Waals surface area contributed by atoms with Crippen molar-refractivity contribution < 1.29 is 22.4 Å². The predicted molar refractivity (Wildman–Crippen MR) is 128 cm³/mol. The van der Waals surface area contributed by atoms with E-state index in [4.69, 9.17) is 0 Å². The summed E-state index contributed by atoms with van der Waals surface area (Å²) in [5.41, 5.74) is 1.85. The molecule has 0 aliphatic rings. The first-order valence-corrected chi connectivity index (χ1v) is 12.8. The van der Waals surface area contributed by atoms with Gasteiger partial charge in [-0.1, -0.05) is 38.1 Å². The third-order valence-electron chi connectivity index (χ3n) is 5.17. The van der Waals surface area contributed by atoms with Gasteiger partial charge in [0.15, 0.2) is 0 Å². The first-order valence-electron chi connectivity index (χ1n) is 10.9. The van der Waals surface area contributed by atoms with Crippen LogP contribution < -0.4 is 9.62 Å². The Morgan fingerprint density at radius 2 is 1.76 bits per heavy atom. The molecule has 1 N–H and O–H groups in total. The van der Waals surface area contributed by atoms with Gasteiger partial charge in [-0.05, 0) is 55.2 Å². The van der Waals surface area contributed by atoms with E-state index in [1.165, 1.54) is 17.0 Å². The number of amides is 2. The Morgan fingerprint density at radius 1 is 1.09 bits per heavy atom. The van der Waals surface area contributed by atoms with Crippen LogP contribution in [0.15, 0.2) is 48.5 Å². The van der Waals surface area contributed by atoms with E-state index in [1.807, 2.05) is 19.9 Å². The van der Waals surface area contributed by atoms with Gasteiger partial charge in [0.2, 0.25) is 21.8 Å². The molecule has 33 heavy (non-hydrogen) atoms. The Morgan fingerprint density at radius 3 is 2.30 bits per heavy atom. The molecular formula is C24H32FN3O4S. The zero-order valence-electron chi connectivity index (χ0n) is 19.5. The summed E-state index contributed by atoms with van der Waals surface area (Å²) in [6, 6.07) is 11.7. The Kier molecular flexibility index (Phi) is 9.40. The smallest absolute Gasteiger partial charge is 0.244 e. The van der Waals surface area contributed by atoms with Gasteiger partial charge in [0.25, 0.3) is 0 Å². The zero-order chi connectivity index (χ0) is 24.6. The van der Waals surface area contributed by atoms with Gasteiger partial charge in [-0.3, -0.25) is 13.9 Å². The quantitative estimate of drug-likeness (QED) is 0.538. The molecule has 0 fully saturated rings. The minimum Gasteiger partial charge on any atom is -0.354 e. The highest BCUT2D eigenvalue weighted by molar-refractivity contribution is 7.92. The van der Waals surface area contributed by atoms with Crippen LogP contribution in [0.5, 0.6) is 0 Å². The van der Waals surface area contributed by atoms with Gasteiger partial charge in [0.1, 0.15) is 18.4 Å². The number of sulfonamides is 1. The van der Waals surface area contributed by atoms with Gasteiger partial charge in [0, 0.05) is 13.1 Å². The molecule has 0 saturated carbocycles. The highest BCUT2D eigenvalue weighted by Gasteiger charge is 2.31. The van der Waals surface area contributed by atoms with Crippen LogP contribution in [0.1, 0.15) is 37.8 Å². The molecule has 0 heterocycles. The number of halogens is 1. The fourth-order valence-electron chi connectivity index (χ4n) is 3.47. The monoisotopic (exact) mass is 477 g/mol. The third-order valence-corrected chi connectivity index (χ3v) is 6.31. The molecule has 2 aromatic carbocycles. The summed E-state index contributed by atoms with van der Waals surface area (Å²) in [4.78, 5) is 27.7.